The fourth-order valence-electron chi connectivity index (χ4n) is 2.73. The molecule has 0 saturated carbocycles. The van der Waals surface area contributed by atoms with Gasteiger partial charge in [-0.2, -0.15) is 0 Å². The minimum atomic E-state index is -1.58. The normalized spacial score (nSPS) is 17.2. The molecule has 0 radical (unpaired) electrons. The molecule has 0 aliphatic carbocycles. The van der Waals surface area contributed by atoms with Crippen molar-refractivity contribution in [3.05, 3.63) is 29.8 Å². The second-order valence-electron chi connectivity index (χ2n) is 6.40. The van der Waals surface area contributed by atoms with Gasteiger partial charge in [0.1, 0.15) is 0 Å². The van der Waals surface area contributed by atoms with Crippen LogP contribution in [0.2, 0.25) is 0 Å². The second kappa shape index (κ2) is 7.33. The molecule has 0 spiro atoms. The van der Waals surface area contributed by atoms with Crippen molar-refractivity contribution < 1.29 is 19.2 Å². The van der Waals surface area contributed by atoms with E-state index in [9.17, 15) is 19.2 Å². The number of nitrogens with two attached hydrogens (primary N) is 2. The van der Waals surface area contributed by atoms with E-state index in [1.807, 2.05) is 18.2 Å². The van der Waals surface area contributed by atoms with Gasteiger partial charge in [0, 0.05) is 18.7 Å². The Kier molecular flexibility index (Phi) is 5.41. The highest BCUT2D eigenvalue weighted by atomic mass is 16.2. The van der Waals surface area contributed by atoms with Crippen LogP contribution in [0.1, 0.15) is 31.7 Å². The lowest BCUT2D eigenvalue weighted by Gasteiger charge is -2.19. The van der Waals surface area contributed by atoms with E-state index in [0.717, 1.165) is 5.56 Å². The molecule has 1 aromatic rings. The van der Waals surface area contributed by atoms with Crippen molar-refractivity contribution in [1.82, 2.24) is 5.32 Å². The number of rotatable bonds is 6. The number of nitrogens with zero attached hydrogens (tertiary/aromatic N) is 1. The number of benzene rings is 1. The Morgan fingerprint density at radius 2 is 1.84 bits per heavy atom. The van der Waals surface area contributed by atoms with E-state index in [4.69, 9.17) is 11.5 Å². The fourth-order valence-corrected chi connectivity index (χ4v) is 2.73. The van der Waals surface area contributed by atoms with Gasteiger partial charge in [0.05, 0.1) is 5.92 Å². The molecule has 134 valence electrons. The van der Waals surface area contributed by atoms with Crippen molar-refractivity contribution in [2.24, 2.45) is 17.4 Å². The fraction of sp³-hybridized carbons (Fsp3) is 0.412. The Hall–Kier alpha value is -2.90. The number of hydrogen-bond donors (Lipinski definition) is 3. The van der Waals surface area contributed by atoms with Crippen LogP contribution in [0, 0.1) is 5.92 Å². The number of nitrogens with one attached hydrogen (secondary N) is 1. The number of carbonyl (C=O) groups excluding carboxylic acids is 4. The number of carbonyl (C=O) groups is 4. The maximum Gasteiger partial charge on any atom is 0.249 e. The molecule has 1 heterocycles. The summed E-state index contributed by atoms with van der Waals surface area (Å²) in [6.45, 7) is 4.26. The first kappa shape index (κ1) is 18.4. The minimum absolute atomic E-state index is 0.0119. The molecule has 4 amide bonds. The van der Waals surface area contributed by atoms with Gasteiger partial charge in [0.2, 0.25) is 23.6 Å². The Labute approximate surface area is 145 Å². The summed E-state index contributed by atoms with van der Waals surface area (Å²) < 4.78 is 0. The molecule has 2 rings (SSSR count). The van der Waals surface area contributed by atoms with E-state index in [2.05, 4.69) is 19.2 Å². The molecule has 1 aromatic carbocycles. The summed E-state index contributed by atoms with van der Waals surface area (Å²) in [5.74, 6) is -3.24. The van der Waals surface area contributed by atoms with E-state index >= 15 is 0 Å². The van der Waals surface area contributed by atoms with Crippen LogP contribution in [0.25, 0.3) is 0 Å². The third-order valence-electron chi connectivity index (χ3n) is 4.20. The maximum atomic E-state index is 12.3. The van der Waals surface area contributed by atoms with Crippen LogP contribution in [0.5, 0.6) is 0 Å². The minimum Gasteiger partial charge on any atom is -0.367 e. The first-order valence-electron chi connectivity index (χ1n) is 8.00. The molecule has 1 atom stereocenters. The highest BCUT2D eigenvalue weighted by Crippen LogP contribution is 2.28. The predicted molar refractivity (Wildman–Crippen MR) is 91.3 cm³/mol. The van der Waals surface area contributed by atoms with Crippen molar-refractivity contribution in [3.63, 3.8) is 0 Å². The molecule has 1 aliphatic rings. The summed E-state index contributed by atoms with van der Waals surface area (Å²) in [4.78, 5) is 48.4. The van der Waals surface area contributed by atoms with Gasteiger partial charge in [-0.25, -0.2) is 0 Å². The summed E-state index contributed by atoms with van der Waals surface area (Å²) in [7, 11) is 0. The highest BCUT2D eigenvalue weighted by Gasteiger charge is 2.37. The van der Waals surface area contributed by atoms with Crippen LogP contribution in [0.15, 0.2) is 24.3 Å². The Morgan fingerprint density at radius 1 is 1.20 bits per heavy atom. The number of amides is 4. The van der Waals surface area contributed by atoms with Crippen LogP contribution in [0.3, 0.4) is 0 Å². The van der Waals surface area contributed by atoms with Crippen LogP contribution < -0.4 is 21.7 Å². The van der Waals surface area contributed by atoms with E-state index in [-0.39, 0.29) is 18.9 Å². The van der Waals surface area contributed by atoms with Crippen molar-refractivity contribution in [1.29, 1.82) is 0 Å². The first-order chi connectivity index (χ1) is 11.7. The zero-order chi connectivity index (χ0) is 18.7. The topological polar surface area (TPSA) is 136 Å². The Morgan fingerprint density at radius 3 is 2.40 bits per heavy atom. The number of hydrogen-bond acceptors (Lipinski definition) is 4. The third kappa shape index (κ3) is 4.14. The van der Waals surface area contributed by atoms with Crippen LogP contribution in [-0.2, 0) is 19.2 Å². The van der Waals surface area contributed by atoms with Crippen molar-refractivity contribution in [2.75, 3.05) is 11.4 Å². The molecule has 1 saturated heterocycles. The average Bonchev–Trinajstić information content (AvgIpc) is 2.93. The van der Waals surface area contributed by atoms with Crippen LogP contribution >= 0.6 is 0 Å². The molecule has 25 heavy (non-hydrogen) atoms. The van der Waals surface area contributed by atoms with Gasteiger partial charge in [0.25, 0.3) is 0 Å². The molecule has 8 nitrogen and oxygen atoms in total. The van der Waals surface area contributed by atoms with Crippen molar-refractivity contribution >= 4 is 29.3 Å². The molecular weight excluding hydrogens is 324 g/mol. The SMILES string of the molecule is CC(C)c1cccc(N2C[C@@H](C(=O)NC(C(N)=O)C(N)=O)CC2=O)c1. The number of primary amides is 2. The molecule has 1 aliphatic heterocycles. The number of anilines is 1. The van der Waals surface area contributed by atoms with Crippen LogP contribution in [0.4, 0.5) is 5.69 Å². The van der Waals surface area contributed by atoms with E-state index < -0.39 is 29.7 Å². The smallest absolute Gasteiger partial charge is 0.249 e. The third-order valence-corrected chi connectivity index (χ3v) is 4.20. The lowest BCUT2D eigenvalue weighted by molar-refractivity contribution is -0.135. The van der Waals surface area contributed by atoms with Gasteiger partial charge >= 0.3 is 0 Å². The lowest BCUT2D eigenvalue weighted by atomic mass is 10.0. The van der Waals surface area contributed by atoms with E-state index in [0.29, 0.717) is 11.6 Å². The van der Waals surface area contributed by atoms with Gasteiger partial charge in [-0.05, 0) is 23.6 Å². The molecular formula is C17H22N4O4. The van der Waals surface area contributed by atoms with Gasteiger partial charge in [-0.15, -0.1) is 0 Å². The molecule has 0 aromatic heterocycles. The van der Waals surface area contributed by atoms with Gasteiger partial charge in [0.15, 0.2) is 6.04 Å². The van der Waals surface area contributed by atoms with E-state index in [1.54, 1.807) is 6.07 Å². The molecule has 1 fully saturated rings. The Bertz CT molecular complexity index is 702. The summed E-state index contributed by atoms with van der Waals surface area (Å²) >= 11 is 0. The largest absolute Gasteiger partial charge is 0.367 e. The predicted octanol–water partition coefficient (Wildman–Crippen LogP) is -0.382. The van der Waals surface area contributed by atoms with E-state index in [1.165, 1.54) is 4.90 Å². The molecule has 5 N–H and O–H groups in total. The summed E-state index contributed by atoms with van der Waals surface area (Å²) in [6, 6.07) is 5.98. The standard InChI is InChI=1S/C17H22N4O4/c1-9(2)10-4-3-5-12(6-10)21-8-11(7-13(21)22)17(25)20-14(15(18)23)16(19)24/h3-6,9,11,14H,7-8H2,1-2H3,(H2,18,23)(H2,19,24)(H,20,25)/t11-/m0/s1. The highest BCUT2D eigenvalue weighted by molar-refractivity contribution is 6.07. The van der Waals surface area contributed by atoms with Gasteiger partial charge < -0.3 is 21.7 Å². The van der Waals surface area contributed by atoms with Crippen LogP contribution in [-0.4, -0.2) is 36.2 Å². The molecule has 8 heteroatoms. The van der Waals surface area contributed by atoms with Gasteiger partial charge in [-0.1, -0.05) is 26.0 Å². The zero-order valence-corrected chi connectivity index (χ0v) is 14.2. The maximum absolute atomic E-state index is 12.3. The summed E-state index contributed by atoms with van der Waals surface area (Å²) in [5.41, 5.74) is 11.9. The lowest BCUT2D eigenvalue weighted by Crippen LogP contribution is -2.54. The van der Waals surface area contributed by atoms with Crippen molar-refractivity contribution in [3.8, 4) is 0 Å². The monoisotopic (exact) mass is 346 g/mol. The summed E-state index contributed by atoms with van der Waals surface area (Å²) in [6.07, 6.45) is -0.0119. The zero-order valence-electron chi connectivity index (χ0n) is 14.2. The molecule has 0 bridgehead atoms. The quantitative estimate of drug-likeness (QED) is 0.605. The van der Waals surface area contributed by atoms with Crippen molar-refractivity contribution in [2.45, 2.75) is 32.2 Å². The first-order valence-corrected chi connectivity index (χ1v) is 8.00. The second-order valence-corrected chi connectivity index (χ2v) is 6.40. The van der Waals surface area contributed by atoms with Gasteiger partial charge in [-0.3, -0.25) is 19.2 Å². The average molecular weight is 346 g/mol. The summed E-state index contributed by atoms with van der Waals surface area (Å²) in [5, 5.41) is 2.21. The Balaban J connectivity index is 2.12. The molecule has 0 unspecified atom stereocenters.